The lowest BCUT2D eigenvalue weighted by Gasteiger charge is -2.02. The van der Waals surface area contributed by atoms with E-state index in [9.17, 15) is 4.79 Å². The fourth-order valence-corrected chi connectivity index (χ4v) is 1.54. The maximum absolute atomic E-state index is 10.6. The van der Waals surface area contributed by atoms with Gasteiger partial charge in [-0.2, -0.15) is 0 Å². The van der Waals surface area contributed by atoms with Crippen LogP contribution in [0.15, 0.2) is 30.5 Å². The van der Waals surface area contributed by atoms with Gasteiger partial charge in [-0.3, -0.25) is 4.79 Å². The Morgan fingerprint density at radius 2 is 2.00 bits per heavy atom. The second kappa shape index (κ2) is 4.54. The fraction of sp³-hybridized carbons (Fsp3) is 0.0769. The van der Waals surface area contributed by atoms with Crippen molar-refractivity contribution in [2.75, 3.05) is 5.73 Å². The van der Waals surface area contributed by atoms with Gasteiger partial charge in [-0.1, -0.05) is 36.1 Å². The number of hydrogen-bond donors (Lipinski definition) is 2. The average molecular weight is 225 g/mol. The van der Waals surface area contributed by atoms with E-state index in [1.54, 1.807) is 6.20 Å². The van der Waals surface area contributed by atoms with E-state index in [0.29, 0.717) is 5.82 Å². The minimum atomic E-state index is -0.440. The molecule has 0 atom stereocenters. The van der Waals surface area contributed by atoms with Crippen molar-refractivity contribution in [2.24, 2.45) is 5.73 Å². The zero-order chi connectivity index (χ0) is 12.3. The lowest BCUT2D eigenvalue weighted by molar-refractivity contribution is -0.117. The molecule has 1 heterocycles. The van der Waals surface area contributed by atoms with Gasteiger partial charge in [-0.25, -0.2) is 4.98 Å². The Hall–Kier alpha value is -2.54. The van der Waals surface area contributed by atoms with E-state index >= 15 is 0 Å². The first kappa shape index (κ1) is 11.0. The SMILES string of the molecule is NC(=O)CC#Cc1cnc(N)c2ccccc12. The molecule has 0 aliphatic heterocycles. The highest BCUT2D eigenvalue weighted by atomic mass is 16.1. The molecule has 4 heteroatoms. The molecule has 0 aliphatic rings. The summed E-state index contributed by atoms with van der Waals surface area (Å²) in [5.74, 6) is 5.62. The van der Waals surface area contributed by atoms with Crippen LogP contribution in [0.25, 0.3) is 10.8 Å². The molecule has 84 valence electrons. The maximum Gasteiger partial charge on any atom is 0.229 e. The highest BCUT2D eigenvalue weighted by Gasteiger charge is 2.02. The van der Waals surface area contributed by atoms with E-state index in [-0.39, 0.29) is 6.42 Å². The van der Waals surface area contributed by atoms with Crippen molar-refractivity contribution >= 4 is 22.5 Å². The summed E-state index contributed by atoms with van der Waals surface area (Å²) in [7, 11) is 0. The van der Waals surface area contributed by atoms with E-state index in [1.165, 1.54) is 0 Å². The summed E-state index contributed by atoms with van der Waals surface area (Å²) in [6.07, 6.45) is 1.64. The molecule has 0 spiro atoms. The van der Waals surface area contributed by atoms with Crippen molar-refractivity contribution in [3.63, 3.8) is 0 Å². The number of nitrogens with zero attached hydrogens (tertiary/aromatic N) is 1. The van der Waals surface area contributed by atoms with Crippen LogP contribution < -0.4 is 11.5 Å². The summed E-state index contributed by atoms with van der Waals surface area (Å²) < 4.78 is 0. The Bertz CT molecular complexity index is 638. The highest BCUT2D eigenvalue weighted by Crippen LogP contribution is 2.21. The average Bonchev–Trinajstić information content (AvgIpc) is 2.32. The molecule has 0 saturated heterocycles. The van der Waals surface area contributed by atoms with Crippen molar-refractivity contribution in [3.8, 4) is 11.8 Å². The number of fused-ring (bicyclic) bond motifs is 1. The predicted octanol–water partition coefficient (Wildman–Crippen LogP) is 1.04. The molecule has 1 aromatic carbocycles. The summed E-state index contributed by atoms with van der Waals surface area (Å²) in [5.41, 5.74) is 11.5. The number of carbonyl (C=O) groups excluding carboxylic acids is 1. The van der Waals surface area contributed by atoms with E-state index in [1.807, 2.05) is 24.3 Å². The number of nitrogen functional groups attached to an aromatic ring is 1. The Morgan fingerprint density at radius 3 is 2.71 bits per heavy atom. The second-order valence-electron chi connectivity index (χ2n) is 3.55. The highest BCUT2D eigenvalue weighted by molar-refractivity contribution is 5.94. The van der Waals surface area contributed by atoms with Crippen LogP contribution in [0.4, 0.5) is 5.82 Å². The summed E-state index contributed by atoms with van der Waals surface area (Å²) in [6, 6.07) is 7.60. The fourth-order valence-electron chi connectivity index (χ4n) is 1.54. The minimum Gasteiger partial charge on any atom is -0.383 e. The van der Waals surface area contributed by atoms with Gasteiger partial charge in [0.1, 0.15) is 5.82 Å². The molecule has 0 bridgehead atoms. The van der Waals surface area contributed by atoms with Gasteiger partial charge in [0.05, 0.1) is 12.0 Å². The molecular weight excluding hydrogens is 214 g/mol. The van der Waals surface area contributed by atoms with Crippen LogP contribution in [-0.2, 0) is 4.79 Å². The number of amides is 1. The third-order valence-electron chi connectivity index (χ3n) is 2.31. The molecule has 4 N–H and O–H groups in total. The normalized spacial score (nSPS) is 9.65. The Kier molecular flexibility index (Phi) is 2.93. The van der Waals surface area contributed by atoms with Crippen LogP contribution in [0.1, 0.15) is 12.0 Å². The van der Waals surface area contributed by atoms with E-state index in [0.717, 1.165) is 16.3 Å². The van der Waals surface area contributed by atoms with E-state index < -0.39 is 5.91 Å². The van der Waals surface area contributed by atoms with E-state index in [4.69, 9.17) is 11.5 Å². The molecule has 0 radical (unpaired) electrons. The Morgan fingerprint density at radius 1 is 1.29 bits per heavy atom. The summed E-state index contributed by atoms with van der Waals surface area (Å²) >= 11 is 0. The van der Waals surface area contributed by atoms with Crippen molar-refractivity contribution in [3.05, 3.63) is 36.0 Å². The molecule has 0 unspecified atom stereocenters. The van der Waals surface area contributed by atoms with Gasteiger partial charge in [0.15, 0.2) is 0 Å². The standard InChI is InChI=1S/C13H11N3O/c14-12(17)7-3-4-9-8-16-13(15)11-6-2-1-5-10(9)11/h1-2,5-6,8H,7H2,(H2,14,17)(H2,15,16). The van der Waals surface area contributed by atoms with Crippen LogP contribution in [0, 0.1) is 11.8 Å². The zero-order valence-corrected chi connectivity index (χ0v) is 9.10. The van der Waals surface area contributed by atoms with Gasteiger partial charge < -0.3 is 11.5 Å². The molecule has 1 aromatic heterocycles. The Balaban J connectivity index is 2.51. The van der Waals surface area contributed by atoms with Crippen LogP contribution in [0.5, 0.6) is 0 Å². The number of nitrogens with two attached hydrogens (primary N) is 2. The molecule has 0 fully saturated rings. The molecule has 2 rings (SSSR count). The van der Waals surface area contributed by atoms with Gasteiger partial charge in [-0.15, -0.1) is 0 Å². The number of rotatable bonds is 1. The van der Waals surface area contributed by atoms with Crippen LogP contribution >= 0.6 is 0 Å². The lowest BCUT2D eigenvalue weighted by atomic mass is 10.1. The van der Waals surface area contributed by atoms with Gasteiger partial charge in [0.25, 0.3) is 0 Å². The first-order chi connectivity index (χ1) is 8.18. The Labute approximate surface area is 98.6 Å². The van der Waals surface area contributed by atoms with Crippen LogP contribution in [0.3, 0.4) is 0 Å². The van der Waals surface area contributed by atoms with Crippen LogP contribution in [-0.4, -0.2) is 10.9 Å². The summed E-state index contributed by atoms with van der Waals surface area (Å²) in [6.45, 7) is 0. The third-order valence-corrected chi connectivity index (χ3v) is 2.31. The van der Waals surface area contributed by atoms with Gasteiger partial charge in [-0.05, 0) is 0 Å². The molecule has 0 saturated carbocycles. The van der Waals surface area contributed by atoms with Crippen LogP contribution in [0.2, 0.25) is 0 Å². The first-order valence-corrected chi connectivity index (χ1v) is 5.09. The van der Waals surface area contributed by atoms with E-state index in [2.05, 4.69) is 16.8 Å². The smallest absolute Gasteiger partial charge is 0.229 e. The van der Waals surface area contributed by atoms with Crippen molar-refractivity contribution in [2.45, 2.75) is 6.42 Å². The molecule has 1 amide bonds. The van der Waals surface area contributed by atoms with Crippen molar-refractivity contribution in [1.29, 1.82) is 0 Å². The number of benzene rings is 1. The molecule has 17 heavy (non-hydrogen) atoms. The number of hydrogen-bond acceptors (Lipinski definition) is 3. The topological polar surface area (TPSA) is 82.0 Å². The van der Waals surface area contributed by atoms with Gasteiger partial charge in [0.2, 0.25) is 5.91 Å². The maximum atomic E-state index is 10.6. The van der Waals surface area contributed by atoms with Crippen molar-refractivity contribution < 1.29 is 4.79 Å². The predicted molar refractivity (Wildman–Crippen MR) is 66.8 cm³/mol. The van der Waals surface area contributed by atoms with Gasteiger partial charge >= 0.3 is 0 Å². The number of primary amides is 1. The third kappa shape index (κ3) is 2.34. The molecular formula is C13H11N3O. The molecule has 2 aromatic rings. The number of carbonyl (C=O) groups is 1. The van der Waals surface area contributed by atoms with Gasteiger partial charge in [0, 0.05) is 17.0 Å². The number of aromatic nitrogens is 1. The molecule has 0 aliphatic carbocycles. The summed E-state index contributed by atoms with van der Waals surface area (Å²) in [5, 5.41) is 1.79. The monoisotopic (exact) mass is 225 g/mol. The molecule has 4 nitrogen and oxygen atoms in total. The largest absolute Gasteiger partial charge is 0.383 e. The lowest BCUT2D eigenvalue weighted by Crippen LogP contribution is -2.08. The quantitative estimate of drug-likeness (QED) is 0.711. The first-order valence-electron chi connectivity index (χ1n) is 5.09. The number of anilines is 1. The second-order valence-corrected chi connectivity index (χ2v) is 3.55. The number of pyridine rings is 1. The minimum absolute atomic E-state index is 0.0404. The summed E-state index contributed by atoms with van der Waals surface area (Å²) in [4.78, 5) is 14.7. The van der Waals surface area contributed by atoms with Crippen molar-refractivity contribution in [1.82, 2.24) is 4.98 Å². The zero-order valence-electron chi connectivity index (χ0n) is 9.10.